The van der Waals surface area contributed by atoms with Crippen molar-refractivity contribution in [3.63, 3.8) is 0 Å². The summed E-state index contributed by atoms with van der Waals surface area (Å²) in [5, 5.41) is 6.71. The van der Waals surface area contributed by atoms with E-state index in [1.54, 1.807) is 0 Å². The van der Waals surface area contributed by atoms with Crippen molar-refractivity contribution in [2.45, 2.75) is 6.54 Å². The number of thiocarbonyl (C=S) groups is 1. The smallest absolute Gasteiger partial charge is 0.234 e. The number of aromatic nitrogens is 2. The van der Waals surface area contributed by atoms with Crippen molar-refractivity contribution in [3.05, 3.63) is 72.3 Å². The van der Waals surface area contributed by atoms with Gasteiger partial charge in [-0.3, -0.25) is 0 Å². The molecule has 1 aromatic heterocycles. The summed E-state index contributed by atoms with van der Waals surface area (Å²) in [5.41, 5.74) is 1.14. The van der Waals surface area contributed by atoms with Crippen LogP contribution < -0.4 is 20.3 Å². The number of anilines is 2. The Hall–Kier alpha value is -3.23. The first-order valence-corrected chi connectivity index (χ1v) is 10.2. The molecule has 1 saturated heterocycles. The molecule has 0 amide bonds. The summed E-state index contributed by atoms with van der Waals surface area (Å²) in [4.78, 5) is 11.3. The minimum Gasteiger partial charge on any atom is -0.439 e. The van der Waals surface area contributed by atoms with Gasteiger partial charge in [0.05, 0.1) is 13.2 Å². The first-order chi connectivity index (χ1) is 14.8. The van der Waals surface area contributed by atoms with Crippen LogP contribution >= 0.6 is 12.2 Å². The maximum absolute atomic E-state index is 5.95. The molecule has 0 bridgehead atoms. The average Bonchev–Trinajstić information content (AvgIpc) is 2.79. The van der Waals surface area contributed by atoms with Gasteiger partial charge in [0.2, 0.25) is 11.8 Å². The minimum atomic E-state index is 0.385. The zero-order valence-electron chi connectivity index (χ0n) is 16.5. The summed E-state index contributed by atoms with van der Waals surface area (Å²) in [6.45, 7) is 3.47. The Morgan fingerprint density at radius 2 is 1.70 bits per heavy atom. The zero-order chi connectivity index (χ0) is 20.6. The fourth-order valence-electron chi connectivity index (χ4n) is 3.01. The third kappa shape index (κ3) is 5.65. The molecule has 4 rings (SSSR count). The van der Waals surface area contributed by atoms with E-state index in [4.69, 9.17) is 21.7 Å². The summed E-state index contributed by atoms with van der Waals surface area (Å²) < 4.78 is 11.4. The molecule has 0 atom stereocenters. The third-order valence-electron chi connectivity index (χ3n) is 4.51. The van der Waals surface area contributed by atoms with Gasteiger partial charge in [-0.25, -0.2) is 0 Å². The van der Waals surface area contributed by atoms with E-state index in [1.807, 2.05) is 66.7 Å². The lowest BCUT2D eigenvalue weighted by Crippen LogP contribution is -2.37. The number of rotatable bonds is 6. The van der Waals surface area contributed by atoms with E-state index in [0.29, 0.717) is 42.4 Å². The molecule has 154 valence electrons. The van der Waals surface area contributed by atoms with Crippen LogP contribution in [0.4, 0.5) is 11.8 Å². The molecule has 8 heteroatoms. The average molecular weight is 422 g/mol. The van der Waals surface area contributed by atoms with Gasteiger partial charge in [-0.1, -0.05) is 48.5 Å². The van der Waals surface area contributed by atoms with Crippen molar-refractivity contribution >= 4 is 29.1 Å². The molecule has 0 aliphatic carbocycles. The van der Waals surface area contributed by atoms with Crippen molar-refractivity contribution < 1.29 is 9.47 Å². The van der Waals surface area contributed by atoms with Gasteiger partial charge in [-0.05, 0) is 29.9 Å². The minimum absolute atomic E-state index is 0.385. The number of ether oxygens (including phenoxy) is 2. The second kappa shape index (κ2) is 10.00. The summed E-state index contributed by atoms with van der Waals surface area (Å²) >= 11 is 5.43. The van der Waals surface area contributed by atoms with Gasteiger partial charge in [0.15, 0.2) is 5.11 Å². The van der Waals surface area contributed by atoms with Crippen LogP contribution in [0.2, 0.25) is 0 Å². The molecule has 2 heterocycles. The second-order valence-corrected chi connectivity index (χ2v) is 7.10. The Bertz CT molecular complexity index is 966. The van der Waals surface area contributed by atoms with E-state index >= 15 is 0 Å². The largest absolute Gasteiger partial charge is 0.439 e. The molecular formula is C22H23N5O2S. The van der Waals surface area contributed by atoms with Crippen molar-refractivity contribution in [3.8, 4) is 11.6 Å². The SMILES string of the molecule is S=C(NCc1ccccc1)Nc1nc(Oc2ccccc2)cc(N2CCOCC2)n1. The van der Waals surface area contributed by atoms with Crippen LogP contribution in [0.1, 0.15) is 5.56 Å². The van der Waals surface area contributed by atoms with Crippen molar-refractivity contribution in [2.24, 2.45) is 0 Å². The predicted molar refractivity (Wildman–Crippen MR) is 121 cm³/mol. The molecule has 0 spiro atoms. The molecule has 3 aromatic rings. The highest BCUT2D eigenvalue weighted by molar-refractivity contribution is 7.80. The van der Waals surface area contributed by atoms with Crippen LogP contribution in [0.15, 0.2) is 66.7 Å². The van der Waals surface area contributed by atoms with Gasteiger partial charge in [-0.15, -0.1) is 0 Å². The van der Waals surface area contributed by atoms with Gasteiger partial charge in [0.25, 0.3) is 0 Å². The van der Waals surface area contributed by atoms with Crippen LogP contribution in [-0.2, 0) is 11.3 Å². The van der Waals surface area contributed by atoms with Gasteiger partial charge in [0.1, 0.15) is 11.6 Å². The molecule has 0 radical (unpaired) electrons. The van der Waals surface area contributed by atoms with Crippen LogP contribution in [-0.4, -0.2) is 41.4 Å². The van der Waals surface area contributed by atoms with Crippen LogP contribution in [0, 0.1) is 0 Å². The fourth-order valence-corrected chi connectivity index (χ4v) is 3.17. The van der Waals surface area contributed by atoms with Crippen LogP contribution in [0.5, 0.6) is 11.6 Å². The van der Waals surface area contributed by atoms with Crippen LogP contribution in [0.3, 0.4) is 0 Å². The Morgan fingerprint density at radius 1 is 1.00 bits per heavy atom. The number of hydrogen-bond acceptors (Lipinski definition) is 6. The lowest BCUT2D eigenvalue weighted by Gasteiger charge is -2.28. The molecule has 30 heavy (non-hydrogen) atoms. The standard InChI is InChI=1S/C22H23N5O2S/c30-22(23-16-17-7-3-1-4-8-17)26-21-24-19(27-11-13-28-14-12-27)15-20(25-21)29-18-9-5-2-6-10-18/h1-10,15H,11-14,16H2,(H2,23,24,25,26,30). The number of para-hydroxylation sites is 1. The summed E-state index contributed by atoms with van der Waals surface area (Å²) in [6, 6.07) is 21.4. The lowest BCUT2D eigenvalue weighted by atomic mass is 10.2. The maximum atomic E-state index is 5.95. The Labute approximate surface area is 181 Å². The van der Waals surface area contributed by atoms with Gasteiger partial charge < -0.3 is 25.0 Å². The highest BCUT2D eigenvalue weighted by Gasteiger charge is 2.16. The van der Waals surface area contributed by atoms with Gasteiger partial charge in [-0.2, -0.15) is 9.97 Å². The number of morpholine rings is 1. The lowest BCUT2D eigenvalue weighted by molar-refractivity contribution is 0.122. The number of nitrogens with zero attached hydrogens (tertiary/aromatic N) is 3. The summed E-state index contributed by atoms with van der Waals surface area (Å²) in [7, 11) is 0. The topological polar surface area (TPSA) is 71.5 Å². The van der Waals surface area contributed by atoms with E-state index in [0.717, 1.165) is 24.5 Å². The summed E-state index contributed by atoms with van der Waals surface area (Å²) in [5.74, 6) is 2.31. The van der Waals surface area contributed by atoms with E-state index in [-0.39, 0.29) is 0 Å². The number of nitrogens with one attached hydrogen (secondary N) is 2. The first kappa shape index (κ1) is 20.1. The van der Waals surface area contributed by atoms with E-state index in [2.05, 4.69) is 25.5 Å². The van der Waals surface area contributed by atoms with Gasteiger partial charge >= 0.3 is 0 Å². The van der Waals surface area contributed by atoms with Crippen LogP contribution in [0.25, 0.3) is 0 Å². The van der Waals surface area contributed by atoms with E-state index < -0.39 is 0 Å². The zero-order valence-corrected chi connectivity index (χ0v) is 17.3. The fraction of sp³-hybridized carbons (Fsp3) is 0.227. The number of benzene rings is 2. The monoisotopic (exact) mass is 421 g/mol. The first-order valence-electron chi connectivity index (χ1n) is 9.80. The molecule has 0 unspecified atom stereocenters. The molecule has 7 nitrogen and oxygen atoms in total. The predicted octanol–water partition coefficient (Wildman–Crippen LogP) is 3.59. The molecular weight excluding hydrogens is 398 g/mol. The maximum Gasteiger partial charge on any atom is 0.234 e. The highest BCUT2D eigenvalue weighted by Crippen LogP contribution is 2.25. The van der Waals surface area contributed by atoms with Crippen molar-refractivity contribution in [1.82, 2.24) is 15.3 Å². The Morgan fingerprint density at radius 3 is 2.43 bits per heavy atom. The number of hydrogen-bond donors (Lipinski definition) is 2. The molecule has 1 fully saturated rings. The molecule has 1 aliphatic heterocycles. The molecule has 2 aromatic carbocycles. The third-order valence-corrected chi connectivity index (χ3v) is 4.76. The highest BCUT2D eigenvalue weighted by atomic mass is 32.1. The second-order valence-electron chi connectivity index (χ2n) is 6.70. The van der Waals surface area contributed by atoms with Crippen molar-refractivity contribution in [1.29, 1.82) is 0 Å². The quantitative estimate of drug-likeness (QED) is 0.585. The molecule has 1 aliphatic rings. The Kier molecular flexibility index (Phi) is 6.68. The Balaban J connectivity index is 1.49. The van der Waals surface area contributed by atoms with E-state index in [9.17, 15) is 0 Å². The summed E-state index contributed by atoms with van der Waals surface area (Å²) in [6.07, 6.45) is 0. The van der Waals surface area contributed by atoms with Crippen molar-refractivity contribution in [2.75, 3.05) is 36.5 Å². The van der Waals surface area contributed by atoms with Gasteiger partial charge in [0, 0.05) is 25.7 Å². The molecule has 0 saturated carbocycles. The normalized spacial score (nSPS) is 13.5. The molecule has 2 N–H and O–H groups in total. The van der Waals surface area contributed by atoms with E-state index in [1.165, 1.54) is 0 Å².